The predicted molar refractivity (Wildman–Crippen MR) is 82.9 cm³/mol. The molecule has 1 aliphatic carbocycles. The number of carbonyl (C=O) groups is 1. The van der Waals surface area contributed by atoms with E-state index in [9.17, 15) is 4.79 Å². The molecular weight excluding hydrogens is 248 g/mol. The van der Waals surface area contributed by atoms with E-state index in [0.29, 0.717) is 12.6 Å². The minimum Gasteiger partial charge on any atom is -0.351 e. The average molecular weight is 274 g/mol. The number of carbonyl (C=O) groups excluding carboxylic acids is 1. The van der Waals surface area contributed by atoms with Gasteiger partial charge in [0.2, 0.25) is 0 Å². The van der Waals surface area contributed by atoms with E-state index in [2.05, 4.69) is 17.6 Å². The summed E-state index contributed by atoms with van der Waals surface area (Å²) >= 11 is 0. The molecule has 0 bridgehead atoms. The molecule has 0 saturated heterocycles. The van der Waals surface area contributed by atoms with Crippen LogP contribution in [0.1, 0.15) is 48.5 Å². The van der Waals surface area contributed by atoms with Gasteiger partial charge >= 0.3 is 0 Å². The van der Waals surface area contributed by atoms with Crippen LogP contribution in [0.2, 0.25) is 0 Å². The van der Waals surface area contributed by atoms with Gasteiger partial charge in [-0.1, -0.05) is 24.6 Å². The Labute approximate surface area is 122 Å². The molecule has 1 amide bonds. The first-order valence-electron chi connectivity index (χ1n) is 7.73. The second kappa shape index (κ2) is 7.44. The van der Waals surface area contributed by atoms with E-state index >= 15 is 0 Å². The minimum atomic E-state index is 0.0177. The Morgan fingerprint density at radius 3 is 2.40 bits per heavy atom. The van der Waals surface area contributed by atoms with Crippen molar-refractivity contribution < 1.29 is 4.79 Å². The van der Waals surface area contributed by atoms with Gasteiger partial charge in [-0.05, 0) is 50.7 Å². The first kappa shape index (κ1) is 15.0. The summed E-state index contributed by atoms with van der Waals surface area (Å²) in [6.45, 7) is 5.91. The van der Waals surface area contributed by atoms with Crippen molar-refractivity contribution in [2.75, 3.05) is 13.1 Å². The summed E-state index contributed by atoms with van der Waals surface area (Å²) in [4.78, 5) is 11.9. The normalized spacial score (nSPS) is 22.5. The molecule has 1 saturated carbocycles. The van der Waals surface area contributed by atoms with Gasteiger partial charge in [0.1, 0.15) is 0 Å². The van der Waals surface area contributed by atoms with Crippen molar-refractivity contribution >= 4 is 5.91 Å². The maximum atomic E-state index is 11.9. The minimum absolute atomic E-state index is 0.0177. The average Bonchev–Trinajstić information content (AvgIpc) is 2.46. The van der Waals surface area contributed by atoms with E-state index < -0.39 is 0 Å². The highest BCUT2D eigenvalue weighted by Crippen LogP contribution is 2.23. The van der Waals surface area contributed by atoms with E-state index in [1.54, 1.807) is 0 Å². The molecule has 0 atom stereocenters. The van der Waals surface area contributed by atoms with Crippen LogP contribution in [0.15, 0.2) is 24.3 Å². The second-order valence-electron chi connectivity index (χ2n) is 6.03. The highest BCUT2D eigenvalue weighted by molar-refractivity contribution is 5.94. The number of hydrogen-bond acceptors (Lipinski definition) is 2. The van der Waals surface area contributed by atoms with E-state index in [4.69, 9.17) is 0 Å². The lowest BCUT2D eigenvalue weighted by Gasteiger charge is -2.27. The van der Waals surface area contributed by atoms with Crippen LogP contribution in [0.5, 0.6) is 0 Å². The molecule has 0 unspecified atom stereocenters. The van der Waals surface area contributed by atoms with Gasteiger partial charge in [0.05, 0.1) is 0 Å². The van der Waals surface area contributed by atoms with Crippen molar-refractivity contribution in [1.82, 2.24) is 10.6 Å². The molecule has 1 aliphatic rings. The monoisotopic (exact) mass is 274 g/mol. The van der Waals surface area contributed by atoms with Crippen LogP contribution >= 0.6 is 0 Å². The van der Waals surface area contributed by atoms with Crippen LogP contribution in [0.4, 0.5) is 0 Å². The number of hydrogen-bond donors (Lipinski definition) is 2. The number of rotatable bonds is 5. The fourth-order valence-electron chi connectivity index (χ4n) is 2.72. The molecule has 110 valence electrons. The topological polar surface area (TPSA) is 41.1 Å². The van der Waals surface area contributed by atoms with Crippen LogP contribution in [0.3, 0.4) is 0 Å². The van der Waals surface area contributed by atoms with Crippen molar-refractivity contribution in [3.63, 3.8) is 0 Å². The van der Waals surface area contributed by atoms with Gasteiger partial charge < -0.3 is 10.6 Å². The molecule has 0 radical (unpaired) electrons. The number of aryl methyl sites for hydroxylation is 1. The van der Waals surface area contributed by atoms with Gasteiger partial charge in [-0.25, -0.2) is 0 Å². The Kier molecular flexibility index (Phi) is 5.60. The van der Waals surface area contributed by atoms with E-state index in [1.807, 2.05) is 31.2 Å². The van der Waals surface area contributed by atoms with E-state index in [1.165, 1.54) is 31.2 Å². The van der Waals surface area contributed by atoms with Crippen LogP contribution in [0.25, 0.3) is 0 Å². The first-order valence-corrected chi connectivity index (χ1v) is 7.73. The second-order valence-corrected chi connectivity index (χ2v) is 6.03. The zero-order valence-electron chi connectivity index (χ0n) is 12.6. The number of amides is 1. The molecule has 1 aromatic carbocycles. The summed E-state index contributed by atoms with van der Waals surface area (Å²) < 4.78 is 0. The first-order chi connectivity index (χ1) is 9.65. The third kappa shape index (κ3) is 4.64. The van der Waals surface area contributed by atoms with Crippen molar-refractivity contribution in [3.8, 4) is 0 Å². The largest absolute Gasteiger partial charge is 0.351 e. The summed E-state index contributed by atoms with van der Waals surface area (Å²) in [6, 6.07) is 8.33. The van der Waals surface area contributed by atoms with Gasteiger partial charge in [0.25, 0.3) is 5.91 Å². The third-order valence-electron chi connectivity index (χ3n) is 4.17. The molecule has 0 aliphatic heterocycles. The SMILES string of the molecule is Cc1ccc(C(=O)NCCNC2CCC(C)CC2)cc1. The fraction of sp³-hybridized carbons (Fsp3) is 0.588. The summed E-state index contributed by atoms with van der Waals surface area (Å²) in [5, 5.41) is 6.51. The molecule has 0 spiro atoms. The predicted octanol–water partition coefficient (Wildman–Crippen LogP) is 2.89. The standard InChI is InChI=1S/C17H26N2O/c1-13-3-7-15(8-4-13)17(20)19-12-11-18-16-9-5-14(2)6-10-16/h3-4,7-8,14,16,18H,5-6,9-12H2,1-2H3,(H,19,20). The van der Waals surface area contributed by atoms with Crippen LogP contribution < -0.4 is 10.6 Å². The smallest absolute Gasteiger partial charge is 0.251 e. The third-order valence-corrected chi connectivity index (χ3v) is 4.17. The maximum absolute atomic E-state index is 11.9. The number of benzene rings is 1. The lowest BCUT2D eigenvalue weighted by molar-refractivity contribution is 0.0953. The van der Waals surface area contributed by atoms with Crippen LogP contribution in [-0.4, -0.2) is 25.0 Å². The van der Waals surface area contributed by atoms with Gasteiger partial charge in [-0.15, -0.1) is 0 Å². The van der Waals surface area contributed by atoms with E-state index in [0.717, 1.165) is 18.0 Å². The Morgan fingerprint density at radius 2 is 1.75 bits per heavy atom. The Balaban J connectivity index is 1.63. The Bertz CT molecular complexity index is 419. The van der Waals surface area contributed by atoms with Crippen LogP contribution in [-0.2, 0) is 0 Å². The molecule has 3 nitrogen and oxygen atoms in total. The quantitative estimate of drug-likeness (QED) is 0.811. The fourth-order valence-corrected chi connectivity index (χ4v) is 2.72. The van der Waals surface area contributed by atoms with Crippen molar-refractivity contribution in [3.05, 3.63) is 35.4 Å². The van der Waals surface area contributed by atoms with Gasteiger partial charge in [-0.3, -0.25) is 4.79 Å². The van der Waals surface area contributed by atoms with Gasteiger partial charge in [0.15, 0.2) is 0 Å². The molecule has 3 heteroatoms. The van der Waals surface area contributed by atoms with Crippen molar-refractivity contribution in [2.45, 2.75) is 45.6 Å². The summed E-state index contributed by atoms with van der Waals surface area (Å²) in [7, 11) is 0. The zero-order chi connectivity index (χ0) is 14.4. The molecule has 20 heavy (non-hydrogen) atoms. The Morgan fingerprint density at radius 1 is 1.10 bits per heavy atom. The maximum Gasteiger partial charge on any atom is 0.251 e. The molecular formula is C17H26N2O. The molecule has 1 fully saturated rings. The number of nitrogens with one attached hydrogen (secondary N) is 2. The summed E-state index contributed by atoms with van der Waals surface area (Å²) in [5.41, 5.74) is 1.91. The van der Waals surface area contributed by atoms with Gasteiger partial charge in [-0.2, -0.15) is 0 Å². The highest BCUT2D eigenvalue weighted by atomic mass is 16.1. The molecule has 0 heterocycles. The summed E-state index contributed by atoms with van der Waals surface area (Å²) in [6.07, 6.45) is 5.20. The molecule has 1 aromatic rings. The molecule has 0 aromatic heterocycles. The van der Waals surface area contributed by atoms with Crippen molar-refractivity contribution in [1.29, 1.82) is 0 Å². The molecule has 2 rings (SSSR count). The van der Waals surface area contributed by atoms with Crippen molar-refractivity contribution in [2.24, 2.45) is 5.92 Å². The van der Waals surface area contributed by atoms with Crippen LogP contribution in [0, 0.1) is 12.8 Å². The lowest BCUT2D eigenvalue weighted by atomic mass is 9.87. The van der Waals surface area contributed by atoms with E-state index in [-0.39, 0.29) is 5.91 Å². The molecule has 2 N–H and O–H groups in total. The highest BCUT2D eigenvalue weighted by Gasteiger charge is 2.17. The Hall–Kier alpha value is -1.35. The zero-order valence-corrected chi connectivity index (χ0v) is 12.6. The lowest BCUT2D eigenvalue weighted by Crippen LogP contribution is -2.38. The van der Waals surface area contributed by atoms with Gasteiger partial charge in [0, 0.05) is 24.7 Å². The summed E-state index contributed by atoms with van der Waals surface area (Å²) in [5.74, 6) is 0.901.